The fourth-order valence-electron chi connectivity index (χ4n) is 2.16. The molecule has 18 heavy (non-hydrogen) atoms. The van der Waals surface area contributed by atoms with Crippen LogP contribution in [0.2, 0.25) is 0 Å². The monoisotopic (exact) mass is 249 g/mol. The zero-order valence-corrected chi connectivity index (χ0v) is 11.6. The maximum Gasteiger partial charge on any atom is 0.151 e. The first kappa shape index (κ1) is 13.0. The summed E-state index contributed by atoms with van der Waals surface area (Å²) >= 11 is 0. The maximum atomic E-state index is 13.8. The molecule has 0 aliphatic heterocycles. The van der Waals surface area contributed by atoms with E-state index in [1.54, 1.807) is 6.07 Å². The lowest BCUT2D eigenvalue weighted by atomic mass is 10.0. The van der Waals surface area contributed by atoms with Crippen LogP contribution in [0.3, 0.4) is 0 Å². The van der Waals surface area contributed by atoms with Crippen molar-refractivity contribution in [2.45, 2.75) is 39.3 Å². The van der Waals surface area contributed by atoms with Gasteiger partial charge in [0.15, 0.2) is 5.82 Å². The number of rotatable bonds is 3. The molecule has 0 unspecified atom stereocenters. The number of halogens is 1. The third-order valence-corrected chi connectivity index (χ3v) is 3.37. The molecule has 0 amide bonds. The molecule has 0 aliphatic rings. The van der Waals surface area contributed by atoms with Crippen molar-refractivity contribution in [3.63, 3.8) is 0 Å². The molecule has 0 spiro atoms. The second-order valence-electron chi connectivity index (χ2n) is 5.38. The lowest BCUT2D eigenvalue weighted by molar-refractivity contribution is 0.387. The van der Waals surface area contributed by atoms with Gasteiger partial charge in [0, 0.05) is 6.04 Å². The van der Waals surface area contributed by atoms with Gasteiger partial charge in [-0.3, -0.25) is 0 Å². The molecule has 2 aromatic rings. The summed E-state index contributed by atoms with van der Waals surface area (Å²) in [5.41, 5.74) is 1.00. The topological polar surface area (TPSA) is 29.9 Å². The molecule has 4 heteroatoms. The number of nitrogens with zero attached hydrogens (tertiary/aromatic N) is 2. The van der Waals surface area contributed by atoms with Crippen molar-refractivity contribution in [2.24, 2.45) is 0 Å². The summed E-state index contributed by atoms with van der Waals surface area (Å²) in [5, 5.41) is 3.23. The third-order valence-electron chi connectivity index (χ3n) is 3.37. The number of aromatic nitrogens is 2. The van der Waals surface area contributed by atoms with Crippen LogP contribution in [0.1, 0.15) is 39.6 Å². The summed E-state index contributed by atoms with van der Waals surface area (Å²) in [6, 6.07) is 5.34. The first-order valence-corrected chi connectivity index (χ1v) is 6.24. The van der Waals surface area contributed by atoms with Gasteiger partial charge in [0.05, 0.1) is 11.1 Å². The Kier molecular flexibility index (Phi) is 3.15. The Balaban J connectivity index is 2.81. The maximum absolute atomic E-state index is 13.8. The minimum atomic E-state index is -0.296. The highest BCUT2D eigenvalue weighted by Crippen LogP contribution is 2.29. The van der Waals surface area contributed by atoms with Gasteiger partial charge in [0.25, 0.3) is 0 Å². The zero-order chi connectivity index (χ0) is 13.5. The van der Waals surface area contributed by atoms with Crippen LogP contribution in [-0.4, -0.2) is 16.6 Å². The summed E-state index contributed by atoms with van der Waals surface area (Å²) in [6.45, 7) is 8.26. The van der Waals surface area contributed by atoms with E-state index in [-0.39, 0.29) is 17.4 Å². The van der Waals surface area contributed by atoms with Crippen molar-refractivity contribution < 1.29 is 4.39 Å². The van der Waals surface area contributed by atoms with Crippen molar-refractivity contribution in [3.05, 3.63) is 29.8 Å². The Morgan fingerprint density at radius 2 is 2.00 bits per heavy atom. The van der Waals surface area contributed by atoms with Crippen molar-refractivity contribution >= 4 is 11.0 Å². The predicted octanol–water partition coefficient (Wildman–Crippen LogP) is 3.21. The van der Waals surface area contributed by atoms with Crippen LogP contribution in [0, 0.1) is 5.82 Å². The fourth-order valence-corrected chi connectivity index (χ4v) is 2.16. The highest BCUT2D eigenvalue weighted by atomic mass is 19.1. The fraction of sp³-hybridized carbons (Fsp3) is 0.500. The lowest BCUT2D eigenvalue weighted by Gasteiger charge is -2.26. The second-order valence-corrected chi connectivity index (χ2v) is 5.38. The van der Waals surface area contributed by atoms with Gasteiger partial charge in [0.2, 0.25) is 0 Å². The number of hydrogen-bond donors (Lipinski definition) is 1. The lowest BCUT2D eigenvalue weighted by Crippen LogP contribution is -2.36. The average molecular weight is 249 g/mol. The Bertz CT molecular complexity index is 570. The van der Waals surface area contributed by atoms with Crippen molar-refractivity contribution in [1.82, 2.24) is 14.9 Å². The zero-order valence-electron chi connectivity index (χ0n) is 11.6. The smallest absolute Gasteiger partial charge is 0.151 e. The van der Waals surface area contributed by atoms with Gasteiger partial charge in [-0.2, -0.15) is 0 Å². The molecule has 1 N–H and O–H groups in total. The van der Waals surface area contributed by atoms with Gasteiger partial charge in [-0.25, -0.2) is 9.37 Å². The molecule has 0 bridgehead atoms. The molecule has 1 aromatic heterocycles. The molecule has 0 fully saturated rings. The van der Waals surface area contributed by atoms with Gasteiger partial charge in [0.1, 0.15) is 11.3 Å². The van der Waals surface area contributed by atoms with E-state index < -0.39 is 0 Å². The molecule has 1 aromatic carbocycles. The molecule has 0 saturated heterocycles. The number of imidazole rings is 1. The van der Waals surface area contributed by atoms with E-state index >= 15 is 0 Å². The third kappa shape index (κ3) is 1.90. The Hall–Kier alpha value is -1.42. The summed E-state index contributed by atoms with van der Waals surface area (Å²) in [5.74, 6) is 0.597. The predicted molar refractivity (Wildman–Crippen MR) is 72.2 cm³/mol. The Labute approximate surface area is 107 Å². The Morgan fingerprint density at radius 3 is 2.56 bits per heavy atom. The van der Waals surface area contributed by atoms with Crippen LogP contribution in [0.25, 0.3) is 11.0 Å². The van der Waals surface area contributed by atoms with Crippen molar-refractivity contribution in [2.75, 3.05) is 7.05 Å². The second kappa shape index (κ2) is 4.35. The summed E-state index contributed by atoms with van der Waals surface area (Å²) < 4.78 is 15.9. The number of benzene rings is 1. The molecular formula is C14H20FN3. The van der Waals surface area contributed by atoms with Crippen LogP contribution in [0.5, 0.6) is 0 Å². The van der Waals surface area contributed by atoms with E-state index in [4.69, 9.17) is 0 Å². The summed E-state index contributed by atoms with van der Waals surface area (Å²) in [6.07, 6.45) is 0. The molecule has 98 valence electrons. The molecule has 0 atom stereocenters. The molecule has 0 aliphatic carbocycles. The van der Waals surface area contributed by atoms with E-state index in [0.29, 0.717) is 5.52 Å². The van der Waals surface area contributed by atoms with E-state index in [1.165, 1.54) is 6.07 Å². The quantitative estimate of drug-likeness (QED) is 0.905. The highest BCUT2D eigenvalue weighted by Gasteiger charge is 2.27. The van der Waals surface area contributed by atoms with Crippen LogP contribution in [0.15, 0.2) is 18.2 Å². The number of fused-ring (bicyclic) bond motifs is 1. The van der Waals surface area contributed by atoms with Gasteiger partial charge in [-0.1, -0.05) is 6.07 Å². The highest BCUT2D eigenvalue weighted by molar-refractivity contribution is 5.77. The number of hydrogen-bond acceptors (Lipinski definition) is 2. The van der Waals surface area contributed by atoms with E-state index in [2.05, 4.69) is 28.7 Å². The summed E-state index contributed by atoms with van der Waals surface area (Å²) in [4.78, 5) is 4.50. The minimum Gasteiger partial charge on any atom is -0.324 e. The van der Waals surface area contributed by atoms with Crippen molar-refractivity contribution in [3.8, 4) is 0 Å². The minimum absolute atomic E-state index is 0.236. The van der Waals surface area contributed by atoms with Crippen LogP contribution in [0.4, 0.5) is 4.39 Å². The average Bonchev–Trinajstić information content (AvgIpc) is 2.70. The first-order valence-electron chi connectivity index (χ1n) is 6.24. The van der Waals surface area contributed by atoms with Gasteiger partial charge < -0.3 is 9.88 Å². The summed E-state index contributed by atoms with van der Waals surface area (Å²) in [7, 11) is 1.89. The first-order chi connectivity index (χ1) is 8.38. The van der Waals surface area contributed by atoms with E-state index in [1.807, 2.05) is 27.0 Å². The largest absolute Gasteiger partial charge is 0.324 e. The van der Waals surface area contributed by atoms with Crippen LogP contribution >= 0.6 is 0 Å². The van der Waals surface area contributed by atoms with Crippen molar-refractivity contribution in [1.29, 1.82) is 0 Å². The standard InChI is InChI=1S/C14H20FN3/c1-9(2)18-11-8-6-7-10(15)12(11)17-13(18)14(3,4)16-5/h6-9,16H,1-5H3. The van der Waals surface area contributed by atoms with Crippen LogP contribution < -0.4 is 5.32 Å². The molecule has 0 radical (unpaired) electrons. The number of para-hydroxylation sites is 1. The van der Waals surface area contributed by atoms with Gasteiger partial charge >= 0.3 is 0 Å². The van der Waals surface area contributed by atoms with Gasteiger partial charge in [-0.15, -0.1) is 0 Å². The molecule has 1 heterocycles. The number of nitrogens with one attached hydrogen (secondary N) is 1. The molecular weight excluding hydrogens is 229 g/mol. The SMILES string of the molecule is CNC(C)(C)c1nc2c(F)cccc2n1C(C)C. The Morgan fingerprint density at radius 1 is 1.33 bits per heavy atom. The molecule has 3 nitrogen and oxygen atoms in total. The molecule has 0 saturated carbocycles. The molecule has 2 rings (SSSR count). The van der Waals surface area contributed by atoms with Gasteiger partial charge in [-0.05, 0) is 46.9 Å². The van der Waals surface area contributed by atoms with Crippen LogP contribution in [-0.2, 0) is 5.54 Å². The van der Waals surface area contributed by atoms with E-state index in [9.17, 15) is 4.39 Å². The normalized spacial score (nSPS) is 12.6. The van der Waals surface area contributed by atoms with E-state index in [0.717, 1.165) is 11.3 Å².